The van der Waals surface area contributed by atoms with Crippen LogP contribution in [0.15, 0.2) is 227 Å². The number of hydrogen-bond acceptors (Lipinski definition) is 21. The zero-order valence-electron chi connectivity index (χ0n) is 62.8. The quantitative estimate of drug-likeness (QED) is 0.0673. The molecule has 110 heavy (non-hydrogen) atoms. The molecular weight excluding hydrogens is 1460 g/mol. The highest BCUT2D eigenvalue weighted by Crippen LogP contribution is 2.23. The molecule has 3 amide bonds. The fourth-order valence-corrected chi connectivity index (χ4v) is 11.0. The fraction of sp³-hybridized carbons (Fsp3) is 0.152. The first kappa shape index (κ1) is 89.4. The van der Waals surface area contributed by atoms with Crippen LogP contribution in [-0.4, -0.2) is 94.3 Å². The number of pyridine rings is 2. The summed E-state index contributed by atoms with van der Waals surface area (Å²) in [5.74, 6) is 2.52. The van der Waals surface area contributed by atoms with Crippen molar-refractivity contribution >= 4 is 94.2 Å². The first-order valence-electron chi connectivity index (χ1n) is 33.0. The predicted octanol–water partition coefficient (Wildman–Crippen LogP) is 11.3. The van der Waals surface area contributed by atoms with E-state index >= 15 is 0 Å². The molecule has 5 aromatic heterocycles. The van der Waals surface area contributed by atoms with Gasteiger partial charge < -0.3 is 49.6 Å². The summed E-state index contributed by atoms with van der Waals surface area (Å²) < 4.78 is 53.6. The number of carbonyl (C=O) groups excluding carboxylic acids is 3. The van der Waals surface area contributed by atoms with Gasteiger partial charge in [0.2, 0.25) is 37.8 Å². The van der Waals surface area contributed by atoms with E-state index in [2.05, 4.69) is 45.5 Å². The minimum Gasteiger partial charge on any atom is -0.497 e. The van der Waals surface area contributed by atoms with Gasteiger partial charge in [0.15, 0.2) is 17.5 Å². The van der Waals surface area contributed by atoms with Crippen molar-refractivity contribution in [2.45, 2.75) is 79.0 Å². The van der Waals surface area contributed by atoms with Crippen LogP contribution < -0.4 is 65.6 Å². The summed E-state index contributed by atoms with van der Waals surface area (Å²) in [6.45, 7) is 18.8. The lowest BCUT2D eigenvalue weighted by molar-refractivity contribution is 0.0991. The summed E-state index contributed by atoms with van der Waals surface area (Å²) >= 11 is 5.59. The molecule has 13 aromatic rings. The maximum Gasteiger partial charge on any atom is 0.340 e. The second-order valence-corrected chi connectivity index (χ2v) is 27.5. The number of aryl methyl sites for hydroxylation is 10. The van der Waals surface area contributed by atoms with Crippen molar-refractivity contribution < 1.29 is 40.7 Å². The Hall–Kier alpha value is -13.0. The number of nitrogens with two attached hydrogens (primary N) is 9. The number of sulfonamides is 2. The van der Waals surface area contributed by atoms with Crippen LogP contribution in [-0.2, 0) is 20.0 Å². The maximum atomic E-state index is 11.0. The second-order valence-electron chi connectivity index (χ2n) is 24.0. The van der Waals surface area contributed by atoms with Gasteiger partial charge in [0.05, 0.1) is 41.4 Å². The molecule has 0 aliphatic carbocycles. The minimum absolute atomic E-state index is 0.104. The Morgan fingerprint density at radius 3 is 1.44 bits per heavy atom. The summed E-state index contributed by atoms with van der Waals surface area (Å²) in [5.41, 5.74) is 49.1. The number of carbonyl (C=O) groups is 3. The topological polar surface area (TPSA) is 511 Å². The van der Waals surface area contributed by atoms with E-state index in [-0.39, 0.29) is 27.3 Å². The number of fused-ring (bicyclic) bond motifs is 2. The molecule has 576 valence electrons. The van der Waals surface area contributed by atoms with E-state index < -0.39 is 26.0 Å². The Morgan fingerprint density at radius 2 is 0.945 bits per heavy atom. The van der Waals surface area contributed by atoms with Gasteiger partial charge in [-0.1, -0.05) is 143 Å². The molecule has 0 fully saturated rings. The molecule has 0 saturated heterocycles. The number of hydrogen-bond donors (Lipinski definition) is 11. The number of primary amides is 3. The Labute approximate surface area is 644 Å². The van der Waals surface area contributed by atoms with Crippen LogP contribution >= 0.6 is 11.6 Å². The van der Waals surface area contributed by atoms with Crippen LogP contribution in [0.4, 0.5) is 23.3 Å². The van der Waals surface area contributed by atoms with Crippen molar-refractivity contribution in [2.75, 3.05) is 37.2 Å². The molecule has 0 spiro atoms. The molecule has 0 aliphatic heterocycles. The first-order valence-corrected chi connectivity index (χ1v) is 36.5. The third kappa shape index (κ3) is 30.8. The van der Waals surface area contributed by atoms with Gasteiger partial charge in [0.25, 0.3) is 0 Å². The Kier molecular flexibility index (Phi) is 35.4. The van der Waals surface area contributed by atoms with E-state index in [1.165, 1.54) is 30.4 Å². The van der Waals surface area contributed by atoms with Crippen LogP contribution in [0.3, 0.4) is 0 Å². The number of nitrogen functional groups attached to an aromatic ring is 4. The molecule has 0 bridgehead atoms. The van der Waals surface area contributed by atoms with Crippen molar-refractivity contribution in [2.24, 2.45) is 27.5 Å². The zero-order valence-corrected chi connectivity index (χ0v) is 65.2. The molecule has 0 saturated carbocycles. The van der Waals surface area contributed by atoms with Gasteiger partial charge in [-0.05, 0) is 176 Å². The number of halogens is 1. The summed E-state index contributed by atoms with van der Waals surface area (Å²) in [6, 6.07) is 60.0. The standard InChI is InChI=1S/C9H9N3O.2C9H9N3.C9H11NO2.C8H11NO3S.2C8H9NO.C7H9NO2S.C6H7ClN2.C6H8N2/c1-6-3-2-4-7(5-6)8-10-9(13)12-11-8;1-6-2-3-8-7(4-6)5-11-12-9(8)10;1-6-2-3-7-5-11-12-9(10)8(7)4-6;1-6-3-4-7(12-2)5-8(6)9(10)11;1-6-3-4-7(12-2)5-8(6)13(9,10)11;1-6-3-2-4-7(5-6)8(9)10;1-6-4-2-3-5-7(6)8(9)10;1-6-4-2-3-5-7(6)11(8,9)10;1-4-2-3-5(7)6(8)9-4;1-5-3-2-4-6(7)8-5/h2-5H,1H3,(H2,10,11,12,13);2*2-5H,1H3,(H2,10,12);3-5H,1-2H3,(H2,10,11);3-5H,1-2H3,(H2,9,10,11);2*2-5H,1H3,(H2,9,10);2-5H,1H3,(H2,8,9,10);2-3H,1H3,(H2,8,9);2-4H,1H3,(H2,7,8). The maximum absolute atomic E-state index is 11.0. The number of amides is 3. The van der Waals surface area contributed by atoms with Crippen LogP contribution in [0.5, 0.6) is 11.5 Å². The zero-order chi connectivity index (χ0) is 82.0. The van der Waals surface area contributed by atoms with Crippen molar-refractivity contribution in [1.29, 1.82) is 0 Å². The molecule has 31 heteroatoms. The summed E-state index contributed by atoms with van der Waals surface area (Å²) in [5, 5.41) is 35.7. The average molecular weight is 1550 g/mol. The van der Waals surface area contributed by atoms with Gasteiger partial charge in [-0.2, -0.15) is 15.3 Å². The SMILES string of the molecule is COc1ccc(C)c(C(N)=O)c1.COc1ccc(C)c(S(N)(=O)=O)c1.Cc1ccc(Cl)c(N)n1.Cc1ccc2c(N)nncc2c1.Cc1ccc2cnnc(N)c2c1.Cc1cccc(-c2n[nH]c(=O)[nH]2)c1.Cc1cccc(C(N)=O)c1.Cc1cccc(N)n1.Cc1ccccc1C(N)=O.Cc1ccccc1S(N)(=O)=O. The predicted molar refractivity (Wildman–Crippen MR) is 436 cm³/mol. The molecule has 8 aromatic carbocycles. The van der Waals surface area contributed by atoms with Crippen LogP contribution in [0.2, 0.25) is 5.02 Å². The second kappa shape index (κ2) is 43.6. The molecule has 0 aliphatic rings. The molecule has 0 atom stereocenters. The van der Waals surface area contributed by atoms with Gasteiger partial charge in [-0.15, -0.1) is 10.2 Å². The van der Waals surface area contributed by atoms with Crippen LogP contribution in [0.25, 0.3) is 32.9 Å². The molecule has 20 N–H and O–H groups in total. The smallest absolute Gasteiger partial charge is 0.340 e. The molecule has 28 nitrogen and oxygen atoms in total. The number of aromatic amines is 2. The van der Waals surface area contributed by atoms with Gasteiger partial charge in [0.1, 0.15) is 23.1 Å². The van der Waals surface area contributed by atoms with Gasteiger partial charge in [-0.3, -0.25) is 19.4 Å². The summed E-state index contributed by atoms with van der Waals surface area (Å²) in [7, 11) is -4.16. The Morgan fingerprint density at radius 1 is 0.436 bits per heavy atom. The number of ether oxygens (including phenoxy) is 2. The van der Waals surface area contributed by atoms with E-state index in [4.69, 9.17) is 71.5 Å². The number of nitrogens with zero attached hydrogens (tertiary/aromatic N) is 7. The largest absolute Gasteiger partial charge is 0.497 e. The average Bonchev–Trinajstić information content (AvgIpc) is 1.04. The normalized spacial score (nSPS) is 10.1. The summed E-state index contributed by atoms with van der Waals surface area (Å²) in [4.78, 5) is 53.6. The highest BCUT2D eigenvalue weighted by atomic mass is 35.5. The fourth-order valence-electron chi connectivity index (χ4n) is 9.29. The Balaban J connectivity index is 0.000000259. The van der Waals surface area contributed by atoms with Gasteiger partial charge in [-0.25, -0.2) is 47.0 Å². The van der Waals surface area contributed by atoms with Crippen molar-refractivity contribution in [3.63, 3.8) is 0 Å². The highest BCUT2D eigenvalue weighted by molar-refractivity contribution is 7.89. The highest BCUT2D eigenvalue weighted by Gasteiger charge is 2.13. The minimum atomic E-state index is -3.65. The van der Waals surface area contributed by atoms with E-state index in [0.29, 0.717) is 73.4 Å². The number of aromatic nitrogens is 9. The van der Waals surface area contributed by atoms with Gasteiger partial charge in [0, 0.05) is 61.3 Å². The third-order valence-corrected chi connectivity index (χ3v) is 17.4. The molecular formula is C79H91ClN18O10S2. The van der Waals surface area contributed by atoms with Crippen LogP contribution in [0.1, 0.15) is 87.0 Å². The number of rotatable bonds is 8. The lowest BCUT2D eigenvalue weighted by Gasteiger charge is -2.05. The number of benzene rings is 8. The van der Waals surface area contributed by atoms with E-state index in [1.807, 2.05) is 159 Å². The molecule has 5 heterocycles. The number of anilines is 4. The molecule has 13 rings (SSSR count). The molecule has 0 radical (unpaired) electrons. The third-order valence-electron chi connectivity index (χ3n) is 14.9. The number of nitrogens with one attached hydrogen (secondary N) is 2. The van der Waals surface area contributed by atoms with Gasteiger partial charge >= 0.3 is 5.69 Å². The lowest BCUT2D eigenvalue weighted by Crippen LogP contribution is -2.13. The number of primary sulfonamides is 2. The first-order chi connectivity index (χ1) is 51.8. The van der Waals surface area contributed by atoms with Crippen molar-refractivity contribution in [3.8, 4) is 22.9 Å². The van der Waals surface area contributed by atoms with E-state index in [9.17, 15) is 36.0 Å². The van der Waals surface area contributed by atoms with E-state index in [1.54, 1.807) is 118 Å². The van der Waals surface area contributed by atoms with Crippen LogP contribution in [0, 0.1) is 69.2 Å². The Bertz CT molecular complexity index is 5540. The van der Waals surface area contributed by atoms with Crippen molar-refractivity contribution in [1.82, 2.24) is 45.5 Å². The van der Waals surface area contributed by atoms with E-state index in [0.717, 1.165) is 60.8 Å². The monoisotopic (exact) mass is 1550 g/mol. The van der Waals surface area contributed by atoms with Crippen molar-refractivity contribution in [3.05, 3.63) is 301 Å². The number of H-pyrrole nitrogens is 2. The lowest BCUT2D eigenvalue weighted by atomic mass is 10.1. The molecule has 0 unspecified atom stereocenters. The number of methoxy groups -OCH3 is 2. The summed E-state index contributed by atoms with van der Waals surface area (Å²) in [6.07, 6.45) is 3.43.